The summed E-state index contributed by atoms with van der Waals surface area (Å²) in [6.45, 7) is 5.78. The Morgan fingerprint density at radius 2 is 2.00 bits per heavy atom. The number of nitrogens with zero attached hydrogens (tertiary/aromatic N) is 2. The second-order valence-electron chi connectivity index (χ2n) is 4.63. The van der Waals surface area contributed by atoms with E-state index in [-0.39, 0.29) is 10.6 Å². The van der Waals surface area contributed by atoms with Crippen molar-refractivity contribution in [1.29, 1.82) is 0 Å². The van der Waals surface area contributed by atoms with Gasteiger partial charge in [0, 0.05) is 13.1 Å². The van der Waals surface area contributed by atoms with Gasteiger partial charge in [-0.05, 0) is 38.1 Å². The van der Waals surface area contributed by atoms with E-state index in [9.17, 15) is 9.18 Å². The SMILES string of the molecule is CCN(CC)c1ccc(NC(=O)c2c(F)cccc2Cl)cn1. The lowest BCUT2D eigenvalue weighted by atomic mass is 10.2. The molecule has 0 fully saturated rings. The zero-order valence-corrected chi connectivity index (χ0v) is 13.2. The molecule has 22 heavy (non-hydrogen) atoms. The smallest absolute Gasteiger partial charge is 0.260 e. The van der Waals surface area contributed by atoms with Crippen molar-refractivity contribution in [3.63, 3.8) is 0 Å². The molecular formula is C16H17ClFN3O. The third-order valence-electron chi connectivity index (χ3n) is 3.28. The van der Waals surface area contributed by atoms with Crippen LogP contribution in [0.3, 0.4) is 0 Å². The molecule has 0 radical (unpaired) electrons. The lowest BCUT2D eigenvalue weighted by Gasteiger charge is -2.19. The molecular weight excluding hydrogens is 305 g/mol. The summed E-state index contributed by atoms with van der Waals surface area (Å²) in [5, 5.41) is 2.67. The molecule has 4 nitrogen and oxygen atoms in total. The zero-order valence-electron chi connectivity index (χ0n) is 12.4. The van der Waals surface area contributed by atoms with Gasteiger partial charge >= 0.3 is 0 Å². The second kappa shape index (κ2) is 7.22. The van der Waals surface area contributed by atoms with Crippen molar-refractivity contribution in [2.24, 2.45) is 0 Å². The van der Waals surface area contributed by atoms with Crippen LogP contribution in [0.2, 0.25) is 5.02 Å². The first-order valence-electron chi connectivity index (χ1n) is 7.03. The van der Waals surface area contributed by atoms with Gasteiger partial charge in [0.15, 0.2) is 0 Å². The average Bonchev–Trinajstić information content (AvgIpc) is 2.50. The summed E-state index contributed by atoms with van der Waals surface area (Å²) in [6, 6.07) is 7.66. The molecule has 0 unspecified atom stereocenters. The van der Waals surface area contributed by atoms with Crippen LogP contribution in [0.25, 0.3) is 0 Å². The van der Waals surface area contributed by atoms with Gasteiger partial charge in [0.25, 0.3) is 5.91 Å². The summed E-state index contributed by atoms with van der Waals surface area (Å²) >= 11 is 5.87. The van der Waals surface area contributed by atoms with Gasteiger partial charge < -0.3 is 10.2 Å². The molecule has 1 N–H and O–H groups in total. The first kappa shape index (κ1) is 16.2. The van der Waals surface area contributed by atoms with E-state index in [4.69, 9.17) is 11.6 Å². The molecule has 0 atom stereocenters. The Bertz CT molecular complexity index is 637. The molecule has 1 heterocycles. The number of amides is 1. The maximum atomic E-state index is 13.7. The highest BCUT2D eigenvalue weighted by molar-refractivity contribution is 6.34. The number of carbonyl (C=O) groups excluding carboxylic acids is 1. The molecule has 6 heteroatoms. The van der Waals surface area contributed by atoms with Gasteiger partial charge in [0.2, 0.25) is 0 Å². The molecule has 0 spiro atoms. The quantitative estimate of drug-likeness (QED) is 0.906. The predicted molar refractivity (Wildman–Crippen MR) is 87.2 cm³/mol. The third-order valence-corrected chi connectivity index (χ3v) is 3.60. The highest BCUT2D eigenvalue weighted by atomic mass is 35.5. The standard InChI is InChI=1S/C16H17ClFN3O/c1-3-21(4-2)14-9-8-11(10-19-14)20-16(22)15-12(17)6-5-7-13(15)18/h5-10H,3-4H2,1-2H3,(H,20,22). The van der Waals surface area contributed by atoms with E-state index in [0.717, 1.165) is 18.9 Å². The number of aromatic nitrogens is 1. The van der Waals surface area contributed by atoms with Crippen molar-refractivity contribution in [3.8, 4) is 0 Å². The number of halogens is 2. The lowest BCUT2D eigenvalue weighted by molar-refractivity contribution is 0.102. The molecule has 0 aliphatic carbocycles. The summed E-state index contributed by atoms with van der Waals surface area (Å²) in [4.78, 5) is 18.5. The first-order chi connectivity index (χ1) is 10.6. The van der Waals surface area contributed by atoms with E-state index >= 15 is 0 Å². The Kier molecular flexibility index (Phi) is 5.33. The van der Waals surface area contributed by atoms with Crippen molar-refractivity contribution >= 4 is 29.0 Å². The fourth-order valence-corrected chi connectivity index (χ4v) is 2.35. The number of benzene rings is 1. The molecule has 0 aliphatic rings. The molecule has 2 aromatic rings. The van der Waals surface area contributed by atoms with E-state index < -0.39 is 11.7 Å². The van der Waals surface area contributed by atoms with Crippen LogP contribution in [0.1, 0.15) is 24.2 Å². The largest absolute Gasteiger partial charge is 0.357 e. The second-order valence-corrected chi connectivity index (χ2v) is 5.04. The number of hydrogen-bond acceptors (Lipinski definition) is 3. The van der Waals surface area contributed by atoms with Crippen LogP contribution in [0, 0.1) is 5.82 Å². The van der Waals surface area contributed by atoms with Crippen LogP contribution in [0.15, 0.2) is 36.5 Å². The minimum atomic E-state index is -0.655. The summed E-state index contributed by atoms with van der Waals surface area (Å²) in [5.74, 6) is -0.426. The predicted octanol–water partition coefficient (Wildman–Crippen LogP) is 3.97. The first-order valence-corrected chi connectivity index (χ1v) is 7.41. The van der Waals surface area contributed by atoms with Crippen molar-refractivity contribution < 1.29 is 9.18 Å². The van der Waals surface area contributed by atoms with Gasteiger partial charge in [-0.25, -0.2) is 9.37 Å². The van der Waals surface area contributed by atoms with Crippen LogP contribution >= 0.6 is 11.6 Å². The molecule has 1 amide bonds. The van der Waals surface area contributed by atoms with Gasteiger partial charge in [-0.1, -0.05) is 17.7 Å². The normalized spacial score (nSPS) is 10.4. The molecule has 0 saturated carbocycles. The monoisotopic (exact) mass is 321 g/mol. The van der Waals surface area contributed by atoms with Crippen molar-refractivity contribution in [3.05, 3.63) is 52.9 Å². The van der Waals surface area contributed by atoms with E-state index in [2.05, 4.69) is 15.2 Å². The maximum Gasteiger partial charge on any atom is 0.260 e. The highest BCUT2D eigenvalue weighted by Gasteiger charge is 2.16. The van der Waals surface area contributed by atoms with Crippen LogP contribution < -0.4 is 10.2 Å². The molecule has 116 valence electrons. The van der Waals surface area contributed by atoms with E-state index in [0.29, 0.717) is 5.69 Å². The molecule has 1 aromatic carbocycles. The minimum absolute atomic E-state index is 0.0743. The van der Waals surface area contributed by atoms with Gasteiger partial charge in [-0.2, -0.15) is 0 Å². The molecule has 1 aromatic heterocycles. The summed E-state index contributed by atoms with van der Waals surface area (Å²) < 4.78 is 13.7. The minimum Gasteiger partial charge on any atom is -0.357 e. The Morgan fingerprint density at radius 3 is 2.55 bits per heavy atom. The molecule has 0 saturated heterocycles. The summed E-state index contributed by atoms with van der Waals surface area (Å²) in [5.41, 5.74) is 0.317. The Balaban J connectivity index is 2.16. The number of rotatable bonds is 5. The van der Waals surface area contributed by atoms with Crippen LogP contribution in [0.5, 0.6) is 0 Å². The average molecular weight is 322 g/mol. The van der Waals surface area contributed by atoms with Crippen molar-refractivity contribution in [2.45, 2.75) is 13.8 Å². The number of nitrogens with one attached hydrogen (secondary N) is 1. The summed E-state index contributed by atoms with van der Waals surface area (Å²) in [7, 11) is 0. The number of pyridine rings is 1. The Morgan fingerprint density at radius 1 is 1.27 bits per heavy atom. The Hall–Kier alpha value is -2.14. The number of anilines is 2. The third kappa shape index (κ3) is 3.54. The molecule has 0 aliphatic heterocycles. The molecule has 2 rings (SSSR count). The van der Waals surface area contributed by atoms with Gasteiger partial charge in [0.1, 0.15) is 11.6 Å². The fraction of sp³-hybridized carbons (Fsp3) is 0.250. The lowest BCUT2D eigenvalue weighted by Crippen LogP contribution is -2.23. The Labute approximate surface area is 133 Å². The fourth-order valence-electron chi connectivity index (χ4n) is 2.10. The van der Waals surface area contributed by atoms with Crippen LogP contribution in [-0.4, -0.2) is 24.0 Å². The maximum absolute atomic E-state index is 13.7. The number of hydrogen-bond donors (Lipinski definition) is 1. The summed E-state index contributed by atoms with van der Waals surface area (Å²) in [6.07, 6.45) is 1.54. The van der Waals surface area contributed by atoms with E-state index in [1.807, 2.05) is 19.9 Å². The zero-order chi connectivity index (χ0) is 16.1. The highest BCUT2D eigenvalue weighted by Crippen LogP contribution is 2.21. The van der Waals surface area contributed by atoms with Crippen molar-refractivity contribution in [1.82, 2.24) is 4.98 Å². The van der Waals surface area contributed by atoms with Gasteiger partial charge in [-0.3, -0.25) is 4.79 Å². The van der Waals surface area contributed by atoms with Gasteiger partial charge in [-0.15, -0.1) is 0 Å². The molecule has 0 bridgehead atoms. The van der Waals surface area contributed by atoms with Crippen LogP contribution in [0.4, 0.5) is 15.9 Å². The van der Waals surface area contributed by atoms with E-state index in [1.54, 1.807) is 12.3 Å². The number of carbonyl (C=O) groups is 1. The van der Waals surface area contributed by atoms with Gasteiger partial charge in [0.05, 0.1) is 22.5 Å². The van der Waals surface area contributed by atoms with E-state index in [1.165, 1.54) is 18.2 Å². The van der Waals surface area contributed by atoms with Crippen LogP contribution in [-0.2, 0) is 0 Å². The van der Waals surface area contributed by atoms with Crippen molar-refractivity contribution in [2.75, 3.05) is 23.3 Å². The topological polar surface area (TPSA) is 45.2 Å².